The fourth-order valence-corrected chi connectivity index (χ4v) is 4.55. The molecular formula is C23H31N5O3. The second kappa shape index (κ2) is 8.80. The molecule has 8 nitrogen and oxygen atoms in total. The summed E-state index contributed by atoms with van der Waals surface area (Å²) in [6, 6.07) is 10.3. The zero-order valence-electron chi connectivity index (χ0n) is 18.7. The molecule has 0 radical (unpaired) electrons. The summed E-state index contributed by atoms with van der Waals surface area (Å²) >= 11 is 0. The largest absolute Gasteiger partial charge is 0.373 e. The topological polar surface area (TPSA) is 74.3 Å². The standard InChI is InChI=1S/C23H31N5O3/c1-16-13-27(14-17(2)31-16)15-19-24-21-20(22(29)26(4)23(30)25(21)3)28(19)12-8-11-18-9-6-5-7-10-18/h5-7,9-10,16-17H,8,11-15H2,1-4H3/t16-,17+. The van der Waals surface area contributed by atoms with Gasteiger partial charge < -0.3 is 9.30 Å². The van der Waals surface area contributed by atoms with Gasteiger partial charge in [0.2, 0.25) is 0 Å². The normalized spacial score (nSPS) is 19.9. The molecule has 2 atom stereocenters. The maximum Gasteiger partial charge on any atom is 0.332 e. The summed E-state index contributed by atoms with van der Waals surface area (Å²) in [6.07, 6.45) is 2.09. The van der Waals surface area contributed by atoms with Gasteiger partial charge in [0.15, 0.2) is 11.2 Å². The average Bonchev–Trinajstić information content (AvgIpc) is 3.09. The summed E-state index contributed by atoms with van der Waals surface area (Å²) < 4.78 is 10.5. The molecule has 1 fully saturated rings. The maximum atomic E-state index is 13.0. The summed E-state index contributed by atoms with van der Waals surface area (Å²) in [5.74, 6) is 0.822. The molecule has 8 heteroatoms. The van der Waals surface area contributed by atoms with Crippen LogP contribution in [0.15, 0.2) is 39.9 Å². The van der Waals surface area contributed by atoms with E-state index in [2.05, 4.69) is 30.9 Å². The molecule has 166 valence electrons. The molecule has 0 bridgehead atoms. The van der Waals surface area contributed by atoms with Gasteiger partial charge in [-0.15, -0.1) is 0 Å². The minimum atomic E-state index is -0.355. The molecule has 4 rings (SSSR count). The van der Waals surface area contributed by atoms with E-state index in [0.29, 0.717) is 24.3 Å². The Morgan fingerprint density at radius 3 is 2.39 bits per heavy atom. The summed E-state index contributed by atoms with van der Waals surface area (Å²) in [6.45, 7) is 7.07. The van der Waals surface area contributed by atoms with Crippen molar-refractivity contribution in [2.45, 2.75) is 52.0 Å². The molecule has 0 amide bonds. The Kier molecular flexibility index (Phi) is 6.11. The Labute approximate surface area is 181 Å². The third-order valence-electron chi connectivity index (χ3n) is 5.98. The lowest BCUT2D eigenvalue weighted by Crippen LogP contribution is -2.45. The lowest BCUT2D eigenvalue weighted by atomic mass is 10.1. The van der Waals surface area contributed by atoms with E-state index in [1.54, 1.807) is 7.05 Å². The molecule has 1 aliphatic heterocycles. The number of fused-ring (bicyclic) bond motifs is 1. The highest BCUT2D eigenvalue weighted by atomic mass is 16.5. The van der Waals surface area contributed by atoms with Crippen molar-refractivity contribution in [1.82, 2.24) is 23.6 Å². The Balaban J connectivity index is 1.70. The Morgan fingerprint density at radius 1 is 1.03 bits per heavy atom. The minimum absolute atomic E-state index is 0.150. The van der Waals surface area contributed by atoms with E-state index < -0.39 is 0 Å². The second-order valence-electron chi connectivity index (χ2n) is 8.60. The molecule has 2 aromatic heterocycles. The van der Waals surface area contributed by atoms with Crippen LogP contribution in [0.1, 0.15) is 31.7 Å². The highest BCUT2D eigenvalue weighted by Crippen LogP contribution is 2.18. The number of morpholine rings is 1. The Morgan fingerprint density at radius 2 is 1.71 bits per heavy atom. The van der Waals surface area contributed by atoms with Gasteiger partial charge in [-0.2, -0.15) is 0 Å². The minimum Gasteiger partial charge on any atom is -0.373 e. The maximum absolute atomic E-state index is 13.0. The number of aryl methyl sites for hydroxylation is 3. The number of hydrogen-bond donors (Lipinski definition) is 0. The first-order valence-electron chi connectivity index (χ1n) is 10.9. The zero-order chi connectivity index (χ0) is 22.1. The summed E-state index contributed by atoms with van der Waals surface area (Å²) in [5.41, 5.74) is 1.58. The van der Waals surface area contributed by atoms with Crippen LogP contribution in [0.2, 0.25) is 0 Å². The van der Waals surface area contributed by atoms with Crippen LogP contribution in [0.4, 0.5) is 0 Å². The Hall–Kier alpha value is -2.71. The number of hydrogen-bond acceptors (Lipinski definition) is 5. The van der Waals surface area contributed by atoms with Crippen LogP contribution in [0.3, 0.4) is 0 Å². The molecule has 1 aliphatic rings. The fourth-order valence-electron chi connectivity index (χ4n) is 4.55. The van der Waals surface area contributed by atoms with Crippen molar-refractivity contribution in [3.05, 3.63) is 62.6 Å². The average molecular weight is 426 g/mol. The molecule has 1 saturated heterocycles. The molecule has 0 spiro atoms. The van der Waals surface area contributed by atoms with Crippen LogP contribution in [0, 0.1) is 0 Å². The smallest absolute Gasteiger partial charge is 0.332 e. The van der Waals surface area contributed by atoms with E-state index in [0.717, 1.165) is 31.8 Å². The van der Waals surface area contributed by atoms with Crippen LogP contribution in [0.25, 0.3) is 11.2 Å². The number of imidazole rings is 1. The third-order valence-corrected chi connectivity index (χ3v) is 5.98. The van der Waals surface area contributed by atoms with Crippen molar-refractivity contribution >= 4 is 11.2 Å². The highest BCUT2D eigenvalue weighted by Gasteiger charge is 2.25. The van der Waals surface area contributed by atoms with Crippen LogP contribution in [-0.4, -0.2) is 48.9 Å². The highest BCUT2D eigenvalue weighted by molar-refractivity contribution is 5.71. The van der Waals surface area contributed by atoms with E-state index in [1.807, 2.05) is 22.8 Å². The quantitative estimate of drug-likeness (QED) is 0.601. The molecule has 0 N–H and O–H groups in total. The number of rotatable bonds is 6. The predicted molar refractivity (Wildman–Crippen MR) is 120 cm³/mol. The second-order valence-corrected chi connectivity index (χ2v) is 8.60. The summed E-state index contributed by atoms with van der Waals surface area (Å²) in [5, 5.41) is 0. The summed E-state index contributed by atoms with van der Waals surface area (Å²) in [7, 11) is 3.20. The van der Waals surface area contributed by atoms with Crippen molar-refractivity contribution in [2.24, 2.45) is 14.1 Å². The van der Waals surface area contributed by atoms with Crippen LogP contribution < -0.4 is 11.2 Å². The Bertz CT molecular complexity index is 1170. The zero-order valence-corrected chi connectivity index (χ0v) is 18.7. The molecular weight excluding hydrogens is 394 g/mol. The first-order chi connectivity index (χ1) is 14.8. The number of nitrogens with zero attached hydrogens (tertiary/aromatic N) is 5. The van der Waals surface area contributed by atoms with Gasteiger partial charge in [-0.25, -0.2) is 9.78 Å². The molecule has 3 heterocycles. The van der Waals surface area contributed by atoms with Crippen molar-refractivity contribution < 1.29 is 4.74 Å². The summed E-state index contributed by atoms with van der Waals surface area (Å²) in [4.78, 5) is 32.6. The SMILES string of the molecule is C[C@@H]1CN(Cc2nc3c(c(=O)n(C)c(=O)n3C)n2CCCc2ccccc2)C[C@H](C)O1. The third kappa shape index (κ3) is 4.36. The van der Waals surface area contributed by atoms with E-state index in [1.165, 1.54) is 21.7 Å². The van der Waals surface area contributed by atoms with E-state index in [9.17, 15) is 9.59 Å². The number of aromatic nitrogens is 4. The molecule has 0 unspecified atom stereocenters. The van der Waals surface area contributed by atoms with E-state index >= 15 is 0 Å². The van der Waals surface area contributed by atoms with Gasteiger partial charge in [-0.3, -0.25) is 18.8 Å². The van der Waals surface area contributed by atoms with Crippen molar-refractivity contribution in [3.8, 4) is 0 Å². The first-order valence-corrected chi connectivity index (χ1v) is 10.9. The van der Waals surface area contributed by atoms with Crippen LogP contribution in [-0.2, 0) is 38.3 Å². The predicted octanol–water partition coefficient (Wildman–Crippen LogP) is 1.68. The van der Waals surface area contributed by atoms with Crippen molar-refractivity contribution in [3.63, 3.8) is 0 Å². The van der Waals surface area contributed by atoms with E-state index in [-0.39, 0.29) is 23.5 Å². The van der Waals surface area contributed by atoms with Gasteiger partial charge in [0.1, 0.15) is 5.82 Å². The van der Waals surface area contributed by atoms with Crippen molar-refractivity contribution in [1.29, 1.82) is 0 Å². The van der Waals surface area contributed by atoms with E-state index in [4.69, 9.17) is 9.72 Å². The number of ether oxygens (including phenoxy) is 1. The molecule has 1 aromatic carbocycles. The molecule has 0 saturated carbocycles. The molecule has 3 aromatic rings. The van der Waals surface area contributed by atoms with Crippen LogP contribution >= 0.6 is 0 Å². The van der Waals surface area contributed by atoms with Crippen LogP contribution in [0.5, 0.6) is 0 Å². The first kappa shape index (κ1) is 21.5. The van der Waals surface area contributed by atoms with Gasteiger partial charge in [0.05, 0.1) is 18.8 Å². The molecule has 0 aliphatic carbocycles. The monoisotopic (exact) mass is 425 g/mol. The van der Waals surface area contributed by atoms with Gasteiger partial charge in [0, 0.05) is 33.7 Å². The van der Waals surface area contributed by atoms with Gasteiger partial charge in [-0.05, 0) is 32.3 Å². The van der Waals surface area contributed by atoms with Crippen molar-refractivity contribution in [2.75, 3.05) is 13.1 Å². The molecule has 31 heavy (non-hydrogen) atoms. The lowest BCUT2D eigenvalue weighted by Gasteiger charge is -2.35. The fraction of sp³-hybridized carbons (Fsp3) is 0.522. The van der Waals surface area contributed by atoms with Gasteiger partial charge in [0.25, 0.3) is 5.56 Å². The number of benzene rings is 1. The lowest BCUT2D eigenvalue weighted by molar-refractivity contribution is -0.0712. The van der Waals surface area contributed by atoms with Gasteiger partial charge >= 0.3 is 5.69 Å². The van der Waals surface area contributed by atoms with Gasteiger partial charge in [-0.1, -0.05) is 30.3 Å².